The second kappa shape index (κ2) is 5.67. The van der Waals surface area contributed by atoms with Gasteiger partial charge < -0.3 is 10.1 Å². The molecule has 1 aliphatic carbocycles. The molecule has 2 rings (SSSR count). The lowest BCUT2D eigenvalue weighted by Crippen LogP contribution is -2.37. The minimum absolute atomic E-state index is 0.0374. The van der Waals surface area contributed by atoms with Gasteiger partial charge in [-0.15, -0.1) is 0 Å². The maximum Gasteiger partial charge on any atom is 0.325 e. The molecule has 96 valence electrons. The van der Waals surface area contributed by atoms with Crippen molar-refractivity contribution in [2.24, 2.45) is 5.92 Å². The molecule has 1 N–H and O–H groups in total. The van der Waals surface area contributed by atoms with Crippen LogP contribution in [0, 0.1) is 5.92 Å². The molecule has 18 heavy (non-hydrogen) atoms. The highest BCUT2D eigenvalue weighted by Gasteiger charge is 2.24. The minimum atomic E-state index is -0.417. The van der Waals surface area contributed by atoms with Gasteiger partial charge in [-0.3, -0.25) is 9.59 Å². The Labute approximate surface area is 106 Å². The monoisotopic (exact) mass is 247 g/mol. The van der Waals surface area contributed by atoms with E-state index in [9.17, 15) is 9.59 Å². The van der Waals surface area contributed by atoms with Gasteiger partial charge in [0.15, 0.2) is 0 Å². The topological polar surface area (TPSA) is 55.4 Å². The van der Waals surface area contributed by atoms with Crippen LogP contribution in [0.25, 0.3) is 0 Å². The third-order valence-electron chi connectivity index (χ3n) is 3.35. The first-order valence-electron chi connectivity index (χ1n) is 6.12. The number of fused-ring (bicyclic) bond motifs is 1. The summed E-state index contributed by atoms with van der Waals surface area (Å²) in [4.78, 5) is 22.9. The molecule has 0 heterocycles. The zero-order chi connectivity index (χ0) is 13.0. The summed E-state index contributed by atoms with van der Waals surface area (Å²) in [6, 6.07) is 8.19. The Morgan fingerprint density at radius 2 is 2.06 bits per heavy atom. The smallest absolute Gasteiger partial charge is 0.325 e. The van der Waals surface area contributed by atoms with Crippen LogP contribution >= 0.6 is 0 Å². The summed E-state index contributed by atoms with van der Waals surface area (Å²) >= 11 is 0. The quantitative estimate of drug-likeness (QED) is 0.813. The largest absolute Gasteiger partial charge is 0.468 e. The second-order valence-electron chi connectivity index (χ2n) is 4.50. The minimum Gasteiger partial charge on any atom is -0.468 e. The van der Waals surface area contributed by atoms with Gasteiger partial charge in [0, 0.05) is 5.92 Å². The predicted molar refractivity (Wildman–Crippen MR) is 67.0 cm³/mol. The summed E-state index contributed by atoms with van der Waals surface area (Å²) in [5.41, 5.74) is 2.57. The summed E-state index contributed by atoms with van der Waals surface area (Å²) in [5, 5.41) is 2.62. The summed E-state index contributed by atoms with van der Waals surface area (Å²) in [7, 11) is 1.31. The molecule has 0 radical (unpaired) electrons. The number of hydrogen-bond donors (Lipinski definition) is 1. The van der Waals surface area contributed by atoms with Crippen molar-refractivity contribution in [3.63, 3.8) is 0 Å². The number of amides is 1. The molecule has 0 fully saturated rings. The molecule has 4 nitrogen and oxygen atoms in total. The lowest BCUT2D eigenvalue weighted by atomic mass is 9.83. The maximum absolute atomic E-state index is 11.9. The SMILES string of the molecule is COC(=O)CNC(=O)C1CCc2ccccc2C1. The molecule has 0 bridgehead atoms. The van der Waals surface area contributed by atoms with E-state index >= 15 is 0 Å². The van der Waals surface area contributed by atoms with Crippen LogP contribution in [0.15, 0.2) is 24.3 Å². The van der Waals surface area contributed by atoms with Crippen molar-refractivity contribution in [3.05, 3.63) is 35.4 Å². The number of benzene rings is 1. The van der Waals surface area contributed by atoms with Crippen molar-refractivity contribution >= 4 is 11.9 Å². The maximum atomic E-state index is 11.9. The van der Waals surface area contributed by atoms with Gasteiger partial charge in [-0.2, -0.15) is 0 Å². The van der Waals surface area contributed by atoms with Crippen LogP contribution in [0.4, 0.5) is 0 Å². The molecule has 4 heteroatoms. The average Bonchev–Trinajstić information content (AvgIpc) is 2.43. The van der Waals surface area contributed by atoms with Crippen LogP contribution < -0.4 is 5.32 Å². The molecule has 0 aliphatic heterocycles. The summed E-state index contributed by atoms with van der Waals surface area (Å²) in [5.74, 6) is -0.515. The van der Waals surface area contributed by atoms with E-state index < -0.39 is 5.97 Å². The number of carbonyl (C=O) groups excluding carboxylic acids is 2. The molecule has 0 saturated carbocycles. The zero-order valence-corrected chi connectivity index (χ0v) is 10.4. The number of ether oxygens (including phenoxy) is 1. The average molecular weight is 247 g/mol. The van der Waals surface area contributed by atoms with Crippen LogP contribution in [0.3, 0.4) is 0 Å². The van der Waals surface area contributed by atoms with E-state index in [-0.39, 0.29) is 18.4 Å². The van der Waals surface area contributed by atoms with Gasteiger partial charge in [-0.25, -0.2) is 0 Å². The van der Waals surface area contributed by atoms with Gasteiger partial charge in [-0.1, -0.05) is 24.3 Å². The molecule has 0 aromatic heterocycles. The molecule has 1 unspecified atom stereocenters. The predicted octanol–water partition coefficient (Wildman–Crippen LogP) is 1.08. The van der Waals surface area contributed by atoms with Crippen molar-refractivity contribution in [1.82, 2.24) is 5.32 Å². The Morgan fingerprint density at radius 3 is 2.78 bits per heavy atom. The number of rotatable bonds is 3. The standard InChI is InChI=1S/C14H17NO3/c1-18-13(16)9-15-14(17)12-7-6-10-4-2-3-5-11(10)8-12/h2-5,12H,6-9H2,1H3,(H,15,17). The summed E-state index contributed by atoms with van der Waals surface area (Å²) < 4.78 is 4.49. The molecule has 1 amide bonds. The van der Waals surface area contributed by atoms with Crippen molar-refractivity contribution in [3.8, 4) is 0 Å². The van der Waals surface area contributed by atoms with E-state index in [4.69, 9.17) is 0 Å². The van der Waals surface area contributed by atoms with Gasteiger partial charge in [0.2, 0.25) is 5.91 Å². The van der Waals surface area contributed by atoms with E-state index in [0.717, 1.165) is 19.3 Å². The highest BCUT2D eigenvalue weighted by molar-refractivity contribution is 5.83. The first-order valence-corrected chi connectivity index (χ1v) is 6.12. The molecule has 1 atom stereocenters. The molecular weight excluding hydrogens is 230 g/mol. The van der Waals surface area contributed by atoms with E-state index in [1.807, 2.05) is 12.1 Å². The van der Waals surface area contributed by atoms with Gasteiger partial charge >= 0.3 is 5.97 Å². The first kappa shape index (κ1) is 12.6. The van der Waals surface area contributed by atoms with Crippen LogP contribution in [0.2, 0.25) is 0 Å². The number of nitrogens with one attached hydrogen (secondary N) is 1. The van der Waals surface area contributed by atoms with Crippen LogP contribution in [0.5, 0.6) is 0 Å². The molecule has 1 aromatic carbocycles. The van der Waals surface area contributed by atoms with Gasteiger partial charge in [0.1, 0.15) is 6.54 Å². The van der Waals surface area contributed by atoms with Crippen molar-refractivity contribution in [2.45, 2.75) is 19.3 Å². The van der Waals surface area contributed by atoms with E-state index in [2.05, 4.69) is 22.2 Å². The fraction of sp³-hybridized carbons (Fsp3) is 0.429. The number of methoxy groups -OCH3 is 1. The number of carbonyl (C=O) groups is 2. The Kier molecular flexibility index (Phi) is 3.97. The van der Waals surface area contributed by atoms with Crippen molar-refractivity contribution in [1.29, 1.82) is 0 Å². The molecule has 0 saturated heterocycles. The fourth-order valence-electron chi connectivity index (χ4n) is 2.30. The lowest BCUT2D eigenvalue weighted by Gasteiger charge is -2.23. The van der Waals surface area contributed by atoms with E-state index in [1.165, 1.54) is 18.2 Å². The number of esters is 1. The Bertz CT molecular complexity index is 456. The Balaban J connectivity index is 1.92. The van der Waals surface area contributed by atoms with Crippen LogP contribution in [0.1, 0.15) is 17.5 Å². The highest BCUT2D eigenvalue weighted by Crippen LogP contribution is 2.25. The lowest BCUT2D eigenvalue weighted by molar-refractivity contribution is -0.141. The molecule has 1 aliphatic rings. The van der Waals surface area contributed by atoms with E-state index in [0.29, 0.717) is 0 Å². The molecule has 1 aromatic rings. The first-order chi connectivity index (χ1) is 8.70. The highest BCUT2D eigenvalue weighted by atomic mass is 16.5. The zero-order valence-electron chi connectivity index (χ0n) is 10.4. The van der Waals surface area contributed by atoms with Crippen LogP contribution in [-0.2, 0) is 27.2 Å². The van der Waals surface area contributed by atoms with Crippen molar-refractivity contribution < 1.29 is 14.3 Å². The third-order valence-corrected chi connectivity index (χ3v) is 3.35. The second-order valence-corrected chi connectivity index (χ2v) is 4.50. The number of hydrogen-bond acceptors (Lipinski definition) is 3. The van der Waals surface area contributed by atoms with Crippen LogP contribution in [-0.4, -0.2) is 25.5 Å². The van der Waals surface area contributed by atoms with Gasteiger partial charge in [0.25, 0.3) is 0 Å². The summed E-state index contributed by atoms with van der Waals surface area (Å²) in [6.45, 7) is -0.0481. The van der Waals surface area contributed by atoms with Gasteiger partial charge in [0.05, 0.1) is 7.11 Å². The van der Waals surface area contributed by atoms with E-state index in [1.54, 1.807) is 0 Å². The number of aryl methyl sites for hydroxylation is 1. The van der Waals surface area contributed by atoms with Crippen molar-refractivity contribution in [2.75, 3.05) is 13.7 Å². The Morgan fingerprint density at radius 1 is 1.33 bits per heavy atom. The Hall–Kier alpha value is -1.84. The normalized spacial score (nSPS) is 17.7. The third kappa shape index (κ3) is 2.88. The molecular formula is C14H17NO3. The fourth-order valence-corrected chi connectivity index (χ4v) is 2.30. The summed E-state index contributed by atoms with van der Waals surface area (Å²) in [6.07, 6.45) is 2.51. The molecule has 0 spiro atoms. The van der Waals surface area contributed by atoms with Gasteiger partial charge in [-0.05, 0) is 30.4 Å².